The summed E-state index contributed by atoms with van der Waals surface area (Å²) < 4.78 is 0. The van der Waals surface area contributed by atoms with E-state index in [-0.39, 0.29) is 0 Å². The highest BCUT2D eigenvalue weighted by Crippen LogP contribution is 2.21. The molecule has 2 heteroatoms. The zero-order valence-electron chi connectivity index (χ0n) is 11.4. The molecular formula is C18H16N2. The van der Waals surface area contributed by atoms with Crippen LogP contribution in [0.4, 0.5) is 0 Å². The van der Waals surface area contributed by atoms with Gasteiger partial charge < -0.3 is 4.98 Å². The van der Waals surface area contributed by atoms with Crippen molar-refractivity contribution in [2.75, 3.05) is 0 Å². The molecule has 0 bridgehead atoms. The number of pyridine rings is 1. The molecule has 2 aromatic heterocycles. The van der Waals surface area contributed by atoms with Crippen LogP contribution in [0.5, 0.6) is 0 Å². The number of rotatable bonds is 0. The maximum absolute atomic E-state index is 4.36. The van der Waals surface area contributed by atoms with E-state index in [0.717, 1.165) is 5.52 Å². The van der Waals surface area contributed by atoms with E-state index in [0.29, 0.717) is 0 Å². The van der Waals surface area contributed by atoms with Crippen LogP contribution in [0.2, 0.25) is 0 Å². The number of para-hydroxylation sites is 1. The van der Waals surface area contributed by atoms with Crippen LogP contribution in [0.1, 0.15) is 5.56 Å². The standard InChI is InChI=1S/C11H8N2.C7H8/c1-2-4-10-9(3-1)11-8(7-13-10)5-6-12-11;1-7-5-3-2-4-6-7/h1-7,12H;2-6H,1H3. The Kier molecular flexibility index (Phi) is 3.46. The number of aromatic amines is 1. The Morgan fingerprint density at radius 1 is 0.850 bits per heavy atom. The van der Waals surface area contributed by atoms with Gasteiger partial charge in [0.05, 0.1) is 11.0 Å². The van der Waals surface area contributed by atoms with Crippen molar-refractivity contribution < 1.29 is 0 Å². The minimum absolute atomic E-state index is 1.04. The van der Waals surface area contributed by atoms with Gasteiger partial charge in [-0.15, -0.1) is 0 Å². The van der Waals surface area contributed by atoms with Gasteiger partial charge in [0.2, 0.25) is 0 Å². The van der Waals surface area contributed by atoms with Gasteiger partial charge in [0.15, 0.2) is 0 Å². The maximum Gasteiger partial charge on any atom is 0.0723 e. The summed E-state index contributed by atoms with van der Waals surface area (Å²) in [5.74, 6) is 0. The predicted molar refractivity (Wildman–Crippen MR) is 84.8 cm³/mol. The van der Waals surface area contributed by atoms with Gasteiger partial charge in [-0.05, 0) is 19.1 Å². The van der Waals surface area contributed by atoms with Crippen LogP contribution >= 0.6 is 0 Å². The molecule has 20 heavy (non-hydrogen) atoms. The van der Waals surface area contributed by atoms with Crippen LogP contribution in [0.3, 0.4) is 0 Å². The molecule has 0 radical (unpaired) electrons. The molecule has 2 heterocycles. The first-order chi connectivity index (χ1) is 9.84. The molecule has 0 atom stereocenters. The van der Waals surface area contributed by atoms with Crippen molar-refractivity contribution in [3.63, 3.8) is 0 Å². The molecule has 0 saturated carbocycles. The predicted octanol–water partition coefficient (Wildman–Crippen LogP) is 4.71. The number of nitrogens with zero attached hydrogens (tertiary/aromatic N) is 1. The molecule has 98 valence electrons. The van der Waals surface area contributed by atoms with E-state index >= 15 is 0 Å². The number of H-pyrrole nitrogens is 1. The summed E-state index contributed by atoms with van der Waals surface area (Å²) in [6.07, 6.45) is 3.84. The fourth-order valence-corrected chi connectivity index (χ4v) is 2.19. The third-order valence-electron chi connectivity index (χ3n) is 3.24. The lowest BCUT2D eigenvalue weighted by Gasteiger charge is -1.96. The number of hydrogen-bond acceptors (Lipinski definition) is 1. The van der Waals surface area contributed by atoms with E-state index in [1.807, 2.05) is 54.9 Å². The lowest BCUT2D eigenvalue weighted by molar-refractivity contribution is 1.43. The lowest BCUT2D eigenvalue weighted by atomic mass is 10.2. The van der Waals surface area contributed by atoms with Crippen molar-refractivity contribution in [2.24, 2.45) is 0 Å². The van der Waals surface area contributed by atoms with Crippen LogP contribution in [-0.4, -0.2) is 9.97 Å². The second-order valence-electron chi connectivity index (χ2n) is 4.74. The molecule has 0 saturated heterocycles. The average Bonchev–Trinajstić information content (AvgIpc) is 2.98. The molecule has 0 unspecified atom stereocenters. The van der Waals surface area contributed by atoms with Crippen molar-refractivity contribution in [3.05, 3.63) is 78.6 Å². The largest absolute Gasteiger partial charge is 0.361 e. The van der Waals surface area contributed by atoms with E-state index in [1.54, 1.807) is 0 Å². The van der Waals surface area contributed by atoms with Crippen molar-refractivity contribution >= 4 is 21.8 Å². The summed E-state index contributed by atoms with van der Waals surface area (Å²) in [6, 6.07) is 20.4. The molecule has 0 aliphatic carbocycles. The van der Waals surface area contributed by atoms with Crippen molar-refractivity contribution in [2.45, 2.75) is 6.92 Å². The topological polar surface area (TPSA) is 28.7 Å². The van der Waals surface area contributed by atoms with Crippen molar-refractivity contribution in [3.8, 4) is 0 Å². The van der Waals surface area contributed by atoms with Gasteiger partial charge in [0.1, 0.15) is 0 Å². The van der Waals surface area contributed by atoms with Crippen LogP contribution in [-0.2, 0) is 0 Å². The fraction of sp³-hybridized carbons (Fsp3) is 0.0556. The Labute approximate surface area is 118 Å². The molecule has 4 rings (SSSR count). The summed E-state index contributed by atoms with van der Waals surface area (Å²) in [5, 5.41) is 2.35. The van der Waals surface area contributed by atoms with Gasteiger partial charge in [0.25, 0.3) is 0 Å². The molecule has 0 spiro atoms. The van der Waals surface area contributed by atoms with Gasteiger partial charge in [-0.2, -0.15) is 0 Å². The number of hydrogen-bond donors (Lipinski definition) is 1. The monoisotopic (exact) mass is 260 g/mol. The van der Waals surface area contributed by atoms with Crippen LogP contribution in [0.25, 0.3) is 21.8 Å². The summed E-state index contributed by atoms with van der Waals surface area (Å²) in [6.45, 7) is 2.08. The Balaban J connectivity index is 0.000000147. The first kappa shape index (κ1) is 12.4. The highest BCUT2D eigenvalue weighted by molar-refractivity contribution is 6.02. The molecule has 0 aliphatic heterocycles. The smallest absolute Gasteiger partial charge is 0.0723 e. The van der Waals surface area contributed by atoms with Crippen molar-refractivity contribution in [1.82, 2.24) is 9.97 Å². The first-order valence-electron chi connectivity index (χ1n) is 6.67. The molecule has 0 aliphatic rings. The first-order valence-corrected chi connectivity index (χ1v) is 6.67. The second kappa shape index (κ2) is 5.57. The van der Waals surface area contributed by atoms with Crippen molar-refractivity contribution in [1.29, 1.82) is 0 Å². The molecule has 2 aromatic carbocycles. The number of aromatic nitrogens is 2. The molecular weight excluding hydrogens is 244 g/mol. The normalized spacial score (nSPS) is 10.2. The molecule has 0 fully saturated rings. The van der Waals surface area contributed by atoms with Gasteiger partial charge in [0, 0.05) is 23.2 Å². The minimum Gasteiger partial charge on any atom is -0.361 e. The SMILES string of the molecule is Cc1ccccc1.c1ccc2c(c1)ncc1cc[nH]c12. The van der Waals surface area contributed by atoms with Gasteiger partial charge in [-0.25, -0.2) is 0 Å². The van der Waals surface area contributed by atoms with E-state index < -0.39 is 0 Å². The van der Waals surface area contributed by atoms with Gasteiger partial charge in [-0.1, -0.05) is 54.1 Å². The molecule has 0 amide bonds. The fourth-order valence-electron chi connectivity index (χ4n) is 2.19. The highest BCUT2D eigenvalue weighted by atomic mass is 14.7. The van der Waals surface area contributed by atoms with E-state index in [9.17, 15) is 0 Å². The Morgan fingerprint density at radius 3 is 2.35 bits per heavy atom. The Bertz CT molecular complexity index is 816. The second-order valence-corrected chi connectivity index (χ2v) is 4.74. The lowest BCUT2D eigenvalue weighted by Crippen LogP contribution is -1.78. The third-order valence-corrected chi connectivity index (χ3v) is 3.24. The van der Waals surface area contributed by atoms with Gasteiger partial charge >= 0.3 is 0 Å². The molecule has 2 nitrogen and oxygen atoms in total. The zero-order valence-corrected chi connectivity index (χ0v) is 11.4. The summed E-state index contributed by atoms with van der Waals surface area (Å²) in [5.41, 5.74) is 3.53. The maximum atomic E-state index is 4.36. The molecule has 1 N–H and O–H groups in total. The van der Waals surface area contributed by atoms with Crippen LogP contribution < -0.4 is 0 Å². The Morgan fingerprint density at radius 2 is 1.60 bits per heavy atom. The summed E-state index contributed by atoms with van der Waals surface area (Å²) >= 11 is 0. The summed E-state index contributed by atoms with van der Waals surface area (Å²) in [7, 11) is 0. The van der Waals surface area contributed by atoms with E-state index in [2.05, 4.69) is 35.1 Å². The van der Waals surface area contributed by atoms with Crippen LogP contribution in [0.15, 0.2) is 73.1 Å². The highest BCUT2D eigenvalue weighted by Gasteiger charge is 1.99. The van der Waals surface area contributed by atoms with Crippen LogP contribution in [0, 0.1) is 6.92 Å². The van der Waals surface area contributed by atoms with Gasteiger partial charge in [-0.3, -0.25) is 4.98 Å². The number of nitrogens with one attached hydrogen (secondary N) is 1. The number of benzene rings is 2. The average molecular weight is 260 g/mol. The third kappa shape index (κ3) is 2.54. The quantitative estimate of drug-likeness (QED) is 0.487. The number of aryl methyl sites for hydroxylation is 1. The zero-order chi connectivity index (χ0) is 13.8. The van der Waals surface area contributed by atoms with E-state index in [4.69, 9.17) is 0 Å². The Hall–Kier alpha value is -2.61. The minimum atomic E-state index is 1.04. The summed E-state index contributed by atoms with van der Waals surface area (Å²) in [4.78, 5) is 7.58. The van der Waals surface area contributed by atoms with E-state index in [1.165, 1.54) is 21.9 Å². The molecule has 4 aromatic rings. The number of fused-ring (bicyclic) bond motifs is 3.